The molecule has 0 aliphatic rings. The largest absolute Gasteiger partial charge is 0.455 e. The molecule has 0 aliphatic carbocycles. The highest BCUT2D eigenvalue weighted by atomic mass is 32.2. The summed E-state index contributed by atoms with van der Waals surface area (Å²) in [5, 5.41) is 2.57. The van der Waals surface area contributed by atoms with Crippen LogP contribution in [0.5, 0.6) is 0 Å². The normalized spacial score (nSPS) is 11.3. The average molecular weight is 408 g/mol. The average Bonchev–Trinajstić information content (AvgIpc) is 2.65. The van der Waals surface area contributed by atoms with E-state index in [4.69, 9.17) is 4.74 Å². The first-order valence-electron chi connectivity index (χ1n) is 8.48. The number of carbonyl (C=O) groups is 2. The van der Waals surface area contributed by atoms with E-state index in [2.05, 4.69) is 19.2 Å². The number of rotatable bonds is 8. The molecule has 150 valence electrons. The molecule has 0 unspecified atom stereocenters. The van der Waals surface area contributed by atoms with Crippen LogP contribution in [0.15, 0.2) is 53.4 Å². The molecule has 1 amide bonds. The zero-order valence-electron chi connectivity index (χ0n) is 15.4. The minimum atomic E-state index is -4.07. The van der Waals surface area contributed by atoms with Crippen molar-refractivity contribution in [2.45, 2.75) is 24.7 Å². The molecular formula is C19H21FN2O5S. The fourth-order valence-corrected chi connectivity index (χ4v) is 3.22. The fourth-order valence-electron chi connectivity index (χ4n) is 2.22. The number of nitrogens with one attached hydrogen (secondary N) is 2. The Bertz CT molecular complexity index is 943. The van der Waals surface area contributed by atoms with Gasteiger partial charge in [-0.15, -0.1) is 0 Å². The zero-order valence-corrected chi connectivity index (χ0v) is 16.3. The van der Waals surface area contributed by atoms with E-state index in [1.54, 1.807) is 12.1 Å². The maximum absolute atomic E-state index is 13.1. The summed E-state index contributed by atoms with van der Waals surface area (Å²) in [7, 11) is -4.07. The van der Waals surface area contributed by atoms with Crippen LogP contribution in [-0.2, 0) is 24.3 Å². The second-order valence-corrected chi connectivity index (χ2v) is 8.03. The second-order valence-electron chi connectivity index (χ2n) is 6.27. The van der Waals surface area contributed by atoms with Gasteiger partial charge in [-0.05, 0) is 41.8 Å². The summed E-state index contributed by atoms with van der Waals surface area (Å²) in [6.45, 7) is 2.85. The Morgan fingerprint density at radius 3 is 2.39 bits per heavy atom. The van der Waals surface area contributed by atoms with Crippen molar-refractivity contribution in [1.82, 2.24) is 4.72 Å². The lowest BCUT2D eigenvalue weighted by atomic mass is 10.0. The summed E-state index contributed by atoms with van der Waals surface area (Å²) in [5.41, 5.74) is 1.67. The number of carbonyl (C=O) groups excluding carboxylic acids is 2. The summed E-state index contributed by atoms with van der Waals surface area (Å²) < 4.78 is 43.8. The third-order valence-electron chi connectivity index (χ3n) is 3.74. The van der Waals surface area contributed by atoms with Gasteiger partial charge < -0.3 is 10.1 Å². The third kappa shape index (κ3) is 6.43. The predicted octanol–water partition coefficient (Wildman–Crippen LogP) is 2.41. The molecule has 0 fully saturated rings. The van der Waals surface area contributed by atoms with E-state index in [1.165, 1.54) is 12.1 Å². The number of anilines is 1. The topological polar surface area (TPSA) is 102 Å². The summed E-state index contributed by atoms with van der Waals surface area (Å²) >= 11 is 0. The summed E-state index contributed by atoms with van der Waals surface area (Å²) in [4.78, 5) is 23.2. The maximum atomic E-state index is 13.1. The Kier molecular flexibility index (Phi) is 7.24. The molecule has 2 aromatic carbocycles. The van der Waals surface area contributed by atoms with E-state index < -0.39 is 40.9 Å². The summed E-state index contributed by atoms with van der Waals surface area (Å²) in [5.74, 6) is -1.85. The van der Waals surface area contributed by atoms with Gasteiger partial charge in [0.2, 0.25) is 10.0 Å². The first-order valence-corrected chi connectivity index (χ1v) is 9.96. The second kappa shape index (κ2) is 9.43. The van der Waals surface area contributed by atoms with Crippen LogP contribution >= 0.6 is 0 Å². The monoisotopic (exact) mass is 408 g/mol. The van der Waals surface area contributed by atoms with Gasteiger partial charge in [0.25, 0.3) is 5.91 Å². The van der Waals surface area contributed by atoms with E-state index in [0.29, 0.717) is 11.6 Å². The molecule has 0 spiro atoms. The number of hydrogen-bond acceptors (Lipinski definition) is 5. The van der Waals surface area contributed by atoms with Crippen molar-refractivity contribution < 1.29 is 27.1 Å². The lowest BCUT2D eigenvalue weighted by Crippen LogP contribution is -2.32. The minimum absolute atomic E-state index is 0.317. The van der Waals surface area contributed by atoms with Crippen molar-refractivity contribution in [1.29, 1.82) is 0 Å². The summed E-state index contributed by atoms with van der Waals surface area (Å²) in [6.07, 6.45) is 0. The summed E-state index contributed by atoms with van der Waals surface area (Å²) in [6, 6.07) is 11.6. The van der Waals surface area contributed by atoms with E-state index in [0.717, 1.165) is 17.7 Å². The third-order valence-corrected chi connectivity index (χ3v) is 5.14. The molecule has 7 nitrogen and oxygen atoms in total. The van der Waals surface area contributed by atoms with Crippen LogP contribution in [-0.4, -0.2) is 33.4 Å². The van der Waals surface area contributed by atoms with Gasteiger partial charge >= 0.3 is 5.97 Å². The number of ether oxygens (including phenoxy) is 1. The van der Waals surface area contributed by atoms with E-state index in [1.807, 2.05) is 16.9 Å². The molecular weight excluding hydrogens is 387 g/mol. The van der Waals surface area contributed by atoms with Crippen LogP contribution in [0.25, 0.3) is 0 Å². The van der Waals surface area contributed by atoms with Crippen molar-refractivity contribution in [3.63, 3.8) is 0 Å². The molecule has 0 aliphatic heterocycles. The molecule has 0 saturated carbocycles. The first-order chi connectivity index (χ1) is 13.2. The van der Waals surface area contributed by atoms with Crippen molar-refractivity contribution in [3.05, 3.63) is 59.9 Å². The van der Waals surface area contributed by atoms with Gasteiger partial charge in [0.05, 0.1) is 4.90 Å². The predicted molar refractivity (Wildman–Crippen MR) is 102 cm³/mol. The Morgan fingerprint density at radius 2 is 1.79 bits per heavy atom. The van der Waals surface area contributed by atoms with Gasteiger partial charge in [-0.2, -0.15) is 4.72 Å². The smallest absolute Gasteiger partial charge is 0.321 e. The van der Waals surface area contributed by atoms with Crippen LogP contribution in [0.4, 0.5) is 10.1 Å². The van der Waals surface area contributed by atoms with Gasteiger partial charge in [0.15, 0.2) is 6.61 Å². The van der Waals surface area contributed by atoms with Crippen molar-refractivity contribution in [2.75, 3.05) is 18.5 Å². The van der Waals surface area contributed by atoms with Crippen LogP contribution < -0.4 is 10.0 Å². The standard InChI is InChI=1S/C19H21FN2O5S/c1-13(2)14-6-8-16(9-7-14)22-18(23)12-27-19(24)11-21-28(25,26)17-5-3-4-15(20)10-17/h3-10,13,21H,11-12H2,1-2H3,(H,22,23). The number of amides is 1. The van der Waals surface area contributed by atoms with Crippen molar-refractivity contribution >= 4 is 27.6 Å². The lowest BCUT2D eigenvalue weighted by molar-refractivity contribution is -0.146. The SMILES string of the molecule is CC(C)c1ccc(NC(=O)COC(=O)CNS(=O)(=O)c2cccc(F)c2)cc1. The van der Waals surface area contributed by atoms with Crippen LogP contribution in [0.3, 0.4) is 0 Å². The number of benzene rings is 2. The Hall–Kier alpha value is -2.78. The van der Waals surface area contributed by atoms with Gasteiger partial charge in [-0.25, -0.2) is 12.8 Å². The highest BCUT2D eigenvalue weighted by Gasteiger charge is 2.17. The maximum Gasteiger partial charge on any atom is 0.321 e. The van der Waals surface area contributed by atoms with Gasteiger partial charge in [0.1, 0.15) is 12.4 Å². The van der Waals surface area contributed by atoms with E-state index in [-0.39, 0.29) is 4.90 Å². The quantitative estimate of drug-likeness (QED) is 0.653. The van der Waals surface area contributed by atoms with Gasteiger partial charge in [0, 0.05) is 5.69 Å². The highest BCUT2D eigenvalue weighted by molar-refractivity contribution is 7.89. The Morgan fingerprint density at radius 1 is 1.11 bits per heavy atom. The van der Waals surface area contributed by atoms with E-state index in [9.17, 15) is 22.4 Å². The van der Waals surface area contributed by atoms with Gasteiger partial charge in [-0.1, -0.05) is 32.0 Å². The molecule has 28 heavy (non-hydrogen) atoms. The molecule has 2 aromatic rings. The lowest BCUT2D eigenvalue weighted by Gasteiger charge is -2.09. The molecule has 0 radical (unpaired) electrons. The number of esters is 1. The zero-order chi connectivity index (χ0) is 20.7. The molecule has 9 heteroatoms. The van der Waals surface area contributed by atoms with Crippen LogP contribution in [0.2, 0.25) is 0 Å². The number of halogens is 1. The Balaban J connectivity index is 1.79. The molecule has 0 aromatic heterocycles. The van der Waals surface area contributed by atoms with Crippen molar-refractivity contribution in [2.24, 2.45) is 0 Å². The molecule has 0 atom stereocenters. The highest BCUT2D eigenvalue weighted by Crippen LogP contribution is 2.17. The number of hydrogen-bond donors (Lipinski definition) is 2. The molecule has 0 saturated heterocycles. The molecule has 0 bridgehead atoms. The molecule has 0 heterocycles. The molecule has 2 rings (SSSR count). The minimum Gasteiger partial charge on any atom is -0.455 e. The number of sulfonamides is 1. The van der Waals surface area contributed by atoms with Crippen molar-refractivity contribution in [3.8, 4) is 0 Å². The Labute approximate surface area is 163 Å². The van der Waals surface area contributed by atoms with Crippen LogP contribution in [0, 0.1) is 5.82 Å². The van der Waals surface area contributed by atoms with Crippen LogP contribution in [0.1, 0.15) is 25.3 Å². The first kappa shape index (κ1) is 21.5. The molecule has 2 N–H and O–H groups in total. The fraction of sp³-hybridized carbons (Fsp3) is 0.263. The van der Waals surface area contributed by atoms with E-state index >= 15 is 0 Å². The van der Waals surface area contributed by atoms with Gasteiger partial charge in [-0.3, -0.25) is 9.59 Å².